The van der Waals surface area contributed by atoms with Crippen LogP contribution < -0.4 is 10.6 Å². The normalized spacial score (nSPS) is 18.2. The van der Waals surface area contributed by atoms with Gasteiger partial charge in [-0.1, -0.05) is 12.2 Å². The Balaban J connectivity index is 1.66. The molecule has 1 atom stereocenters. The Morgan fingerprint density at radius 2 is 2.44 bits per heavy atom. The molecule has 1 aromatic rings. The first kappa shape index (κ1) is 13.2. The van der Waals surface area contributed by atoms with Gasteiger partial charge in [-0.3, -0.25) is 10.1 Å². The van der Waals surface area contributed by atoms with Crippen LogP contribution in [0.15, 0.2) is 12.2 Å². The average molecular weight is 265 g/mol. The van der Waals surface area contributed by atoms with Crippen LogP contribution in [0.4, 0.5) is 0 Å². The molecule has 0 aromatic carbocycles. The highest BCUT2D eigenvalue weighted by atomic mass is 32.1. The molecule has 0 unspecified atom stereocenters. The minimum Gasteiger partial charge on any atom is -0.354 e. The molecule has 0 spiro atoms. The number of hydrogen-bond donors (Lipinski definition) is 2. The summed E-state index contributed by atoms with van der Waals surface area (Å²) < 4.78 is 0. The average Bonchev–Trinajstić information content (AvgIpc) is 2.96. The van der Waals surface area contributed by atoms with E-state index in [9.17, 15) is 4.79 Å². The van der Waals surface area contributed by atoms with Crippen molar-refractivity contribution in [2.45, 2.75) is 32.7 Å². The lowest BCUT2D eigenvalue weighted by Crippen LogP contribution is -2.40. The molecule has 0 saturated carbocycles. The summed E-state index contributed by atoms with van der Waals surface area (Å²) >= 11 is 1.75. The van der Waals surface area contributed by atoms with E-state index in [0.717, 1.165) is 30.1 Å². The molecule has 2 N–H and O–H groups in total. The molecule has 1 aromatic heterocycles. The fourth-order valence-electron chi connectivity index (χ4n) is 1.85. The summed E-state index contributed by atoms with van der Waals surface area (Å²) in [6.45, 7) is 5.63. The molecule has 2 heterocycles. The van der Waals surface area contributed by atoms with Crippen molar-refractivity contribution in [3.8, 4) is 0 Å². The third-order valence-electron chi connectivity index (χ3n) is 3.01. The van der Waals surface area contributed by atoms with Crippen LogP contribution in [-0.2, 0) is 11.2 Å². The zero-order valence-corrected chi connectivity index (χ0v) is 11.6. The lowest BCUT2D eigenvalue weighted by Gasteiger charge is -2.09. The molecular formula is C13H19N3OS. The van der Waals surface area contributed by atoms with Crippen LogP contribution in [0.3, 0.4) is 0 Å². The number of thiazole rings is 1. The molecule has 2 rings (SSSR count). The Bertz CT molecular complexity index is 434. The summed E-state index contributed by atoms with van der Waals surface area (Å²) in [5, 5.41) is 7.20. The van der Waals surface area contributed by atoms with Gasteiger partial charge in [0.25, 0.3) is 0 Å². The van der Waals surface area contributed by atoms with Gasteiger partial charge in [0, 0.05) is 24.4 Å². The third-order valence-corrected chi connectivity index (χ3v) is 4.14. The highest BCUT2D eigenvalue weighted by Gasteiger charge is 2.16. The maximum Gasteiger partial charge on any atom is 0.241 e. The number of aromatic nitrogens is 1. The quantitative estimate of drug-likeness (QED) is 0.624. The second-order valence-corrected chi connectivity index (χ2v) is 5.75. The van der Waals surface area contributed by atoms with Gasteiger partial charge in [-0.25, -0.2) is 4.98 Å². The summed E-state index contributed by atoms with van der Waals surface area (Å²) in [4.78, 5) is 17.5. The molecule has 0 radical (unpaired) electrons. The summed E-state index contributed by atoms with van der Waals surface area (Å²) in [5.41, 5.74) is 1.12. The van der Waals surface area contributed by atoms with Crippen molar-refractivity contribution in [1.29, 1.82) is 0 Å². The predicted octanol–water partition coefficient (Wildman–Crippen LogP) is 1.34. The van der Waals surface area contributed by atoms with Crippen molar-refractivity contribution in [3.05, 3.63) is 27.7 Å². The predicted molar refractivity (Wildman–Crippen MR) is 73.8 cm³/mol. The lowest BCUT2D eigenvalue weighted by molar-refractivity contribution is -0.121. The maximum atomic E-state index is 11.7. The standard InChI is InChI=1S/C13H19N3OS/c1-9-10(2)18-12(16-9)6-4-8-15-13(17)11-5-3-7-14-11/h3,5,11,14H,4,6-8H2,1-2H3,(H,15,17)/t11-/m0/s1. The van der Waals surface area contributed by atoms with Gasteiger partial charge in [0.05, 0.1) is 10.7 Å². The maximum absolute atomic E-state index is 11.7. The second kappa shape index (κ2) is 6.11. The van der Waals surface area contributed by atoms with Crippen LogP contribution >= 0.6 is 11.3 Å². The van der Waals surface area contributed by atoms with E-state index in [1.165, 1.54) is 4.88 Å². The monoisotopic (exact) mass is 265 g/mol. The van der Waals surface area contributed by atoms with Crippen molar-refractivity contribution in [3.63, 3.8) is 0 Å². The molecule has 1 amide bonds. The van der Waals surface area contributed by atoms with Gasteiger partial charge in [0.2, 0.25) is 5.91 Å². The van der Waals surface area contributed by atoms with E-state index in [1.54, 1.807) is 11.3 Å². The van der Waals surface area contributed by atoms with Gasteiger partial charge >= 0.3 is 0 Å². The second-order valence-electron chi connectivity index (χ2n) is 4.46. The number of carbonyl (C=O) groups excluding carboxylic acids is 1. The molecule has 0 aliphatic carbocycles. The number of nitrogens with one attached hydrogen (secondary N) is 2. The van der Waals surface area contributed by atoms with Gasteiger partial charge in [0.15, 0.2) is 0 Å². The summed E-state index contributed by atoms with van der Waals surface area (Å²) in [5.74, 6) is 0.0650. The zero-order chi connectivity index (χ0) is 13.0. The van der Waals surface area contributed by atoms with Gasteiger partial charge in [-0.15, -0.1) is 11.3 Å². The lowest BCUT2D eigenvalue weighted by atomic mass is 10.2. The Kier molecular flexibility index (Phi) is 4.49. The van der Waals surface area contributed by atoms with Gasteiger partial charge in [-0.2, -0.15) is 0 Å². The largest absolute Gasteiger partial charge is 0.354 e. The number of carbonyl (C=O) groups is 1. The highest BCUT2D eigenvalue weighted by Crippen LogP contribution is 2.17. The number of hydrogen-bond acceptors (Lipinski definition) is 4. The van der Waals surface area contributed by atoms with E-state index >= 15 is 0 Å². The Hall–Kier alpha value is -1.20. The van der Waals surface area contributed by atoms with E-state index in [4.69, 9.17) is 0 Å². The van der Waals surface area contributed by atoms with Crippen LogP contribution in [0.1, 0.15) is 22.0 Å². The van der Waals surface area contributed by atoms with Crippen LogP contribution in [0, 0.1) is 13.8 Å². The summed E-state index contributed by atoms with van der Waals surface area (Å²) in [7, 11) is 0. The third kappa shape index (κ3) is 3.40. The smallest absolute Gasteiger partial charge is 0.241 e. The molecule has 0 saturated heterocycles. The van der Waals surface area contributed by atoms with E-state index in [1.807, 2.05) is 19.1 Å². The molecule has 98 valence electrons. The van der Waals surface area contributed by atoms with E-state index < -0.39 is 0 Å². The Morgan fingerprint density at radius 3 is 3.06 bits per heavy atom. The van der Waals surface area contributed by atoms with Crippen molar-refractivity contribution in [2.75, 3.05) is 13.1 Å². The SMILES string of the molecule is Cc1nc(CCCNC(=O)[C@@H]2C=CCN2)sc1C. The number of amides is 1. The van der Waals surface area contributed by atoms with E-state index in [2.05, 4.69) is 22.5 Å². The van der Waals surface area contributed by atoms with Gasteiger partial charge in [0.1, 0.15) is 6.04 Å². The fourth-order valence-corrected chi connectivity index (χ4v) is 2.83. The van der Waals surface area contributed by atoms with Crippen LogP contribution in [0.2, 0.25) is 0 Å². The van der Waals surface area contributed by atoms with Gasteiger partial charge < -0.3 is 5.32 Å². The molecule has 1 aliphatic rings. The number of aryl methyl sites for hydroxylation is 3. The first-order chi connectivity index (χ1) is 8.66. The minimum absolute atomic E-state index is 0.0650. The van der Waals surface area contributed by atoms with Crippen molar-refractivity contribution >= 4 is 17.2 Å². The summed E-state index contributed by atoms with van der Waals surface area (Å²) in [6.07, 6.45) is 5.76. The van der Waals surface area contributed by atoms with Crippen LogP contribution in [0.25, 0.3) is 0 Å². The van der Waals surface area contributed by atoms with E-state index in [-0.39, 0.29) is 11.9 Å². The first-order valence-electron chi connectivity index (χ1n) is 6.27. The molecule has 1 aliphatic heterocycles. The van der Waals surface area contributed by atoms with Crippen molar-refractivity contribution in [1.82, 2.24) is 15.6 Å². The first-order valence-corrected chi connectivity index (χ1v) is 7.09. The molecule has 4 nitrogen and oxygen atoms in total. The Labute approximate surface area is 112 Å². The van der Waals surface area contributed by atoms with E-state index in [0.29, 0.717) is 6.54 Å². The number of nitrogens with zero attached hydrogens (tertiary/aromatic N) is 1. The van der Waals surface area contributed by atoms with Crippen LogP contribution in [-0.4, -0.2) is 30.0 Å². The van der Waals surface area contributed by atoms with Crippen molar-refractivity contribution < 1.29 is 4.79 Å². The topological polar surface area (TPSA) is 54.0 Å². The van der Waals surface area contributed by atoms with Crippen LogP contribution in [0.5, 0.6) is 0 Å². The van der Waals surface area contributed by atoms with Crippen molar-refractivity contribution in [2.24, 2.45) is 0 Å². The number of rotatable bonds is 5. The van der Waals surface area contributed by atoms with Gasteiger partial charge in [-0.05, 0) is 20.3 Å². The zero-order valence-electron chi connectivity index (χ0n) is 10.8. The fraction of sp³-hybridized carbons (Fsp3) is 0.538. The molecule has 5 heteroatoms. The summed E-state index contributed by atoms with van der Waals surface area (Å²) in [6, 6.07) is -0.144. The minimum atomic E-state index is -0.144. The molecule has 0 fully saturated rings. The Morgan fingerprint density at radius 1 is 1.61 bits per heavy atom. The molecular weight excluding hydrogens is 246 g/mol. The molecule has 18 heavy (non-hydrogen) atoms. The molecule has 0 bridgehead atoms. The highest BCUT2D eigenvalue weighted by molar-refractivity contribution is 7.11.